The van der Waals surface area contributed by atoms with E-state index >= 15 is 0 Å². The molecule has 2 heterocycles. The minimum absolute atomic E-state index is 0.0676. The van der Waals surface area contributed by atoms with E-state index < -0.39 is 5.91 Å². The number of carbonyl (C=O) groups is 1. The summed E-state index contributed by atoms with van der Waals surface area (Å²) in [7, 11) is 0. The van der Waals surface area contributed by atoms with Gasteiger partial charge in [0.15, 0.2) is 5.82 Å². The van der Waals surface area contributed by atoms with Crippen molar-refractivity contribution in [3.63, 3.8) is 0 Å². The quantitative estimate of drug-likeness (QED) is 0.482. The molecule has 1 aromatic heterocycles. The van der Waals surface area contributed by atoms with Gasteiger partial charge in [-0.15, -0.1) is 0 Å². The third-order valence-corrected chi connectivity index (χ3v) is 7.62. The zero-order chi connectivity index (χ0) is 25.1. The van der Waals surface area contributed by atoms with Crippen LogP contribution < -0.4 is 16.4 Å². The van der Waals surface area contributed by atoms with Crippen molar-refractivity contribution in [3.8, 4) is 11.8 Å². The lowest BCUT2D eigenvalue weighted by Crippen LogP contribution is -2.45. The lowest BCUT2D eigenvalue weighted by Gasteiger charge is -2.42. The molecule has 0 unspecified atom stereocenters. The van der Waals surface area contributed by atoms with Gasteiger partial charge in [0, 0.05) is 31.1 Å². The zero-order valence-corrected chi connectivity index (χ0v) is 20.3. The zero-order valence-electron chi connectivity index (χ0n) is 20.3. The van der Waals surface area contributed by atoms with E-state index in [1.807, 2.05) is 12.1 Å². The van der Waals surface area contributed by atoms with Crippen molar-refractivity contribution in [3.05, 3.63) is 88.4 Å². The number of anilines is 1. The molecule has 1 atom stereocenters. The average Bonchev–Trinajstić information content (AvgIpc) is 3.18. The number of aryl methyl sites for hydroxylation is 1. The normalized spacial score (nSPS) is 17.9. The molecule has 5 N–H and O–H groups in total. The second-order valence-electron chi connectivity index (χ2n) is 9.75. The van der Waals surface area contributed by atoms with E-state index in [4.69, 9.17) is 11.5 Å². The standard InChI is InChI=1S/C29H31N5O2/c30-26-24-8-4-2-6-22(24)17-29(26)13-15-34(16-14-29)28-25(19-35)33-23(18-32-28)7-3-1-5-20-9-11-21(12-10-20)27(31)36/h2,4,6,8-12,18,26,35H,1,5,13-17,19,30H2,(H2,31,36)/t26-/m1/s1. The summed E-state index contributed by atoms with van der Waals surface area (Å²) in [6.45, 7) is 1.49. The first kappa shape index (κ1) is 24.0. The number of hydrogen-bond acceptors (Lipinski definition) is 6. The fourth-order valence-corrected chi connectivity index (χ4v) is 5.52. The highest BCUT2D eigenvalue weighted by atomic mass is 16.3. The van der Waals surface area contributed by atoms with E-state index in [1.54, 1.807) is 18.3 Å². The number of fused-ring (bicyclic) bond motifs is 1. The predicted molar refractivity (Wildman–Crippen MR) is 139 cm³/mol. The van der Waals surface area contributed by atoms with Crippen LogP contribution in [0.2, 0.25) is 0 Å². The maximum absolute atomic E-state index is 11.2. The average molecular weight is 482 g/mol. The van der Waals surface area contributed by atoms with Crippen LogP contribution >= 0.6 is 0 Å². The van der Waals surface area contributed by atoms with Gasteiger partial charge in [0.05, 0.1) is 12.8 Å². The van der Waals surface area contributed by atoms with Crippen LogP contribution in [-0.2, 0) is 19.4 Å². The van der Waals surface area contributed by atoms with Gasteiger partial charge in [0.2, 0.25) is 5.91 Å². The molecule has 7 heteroatoms. The maximum Gasteiger partial charge on any atom is 0.248 e. The third-order valence-electron chi connectivity index (χ3n) is 7.62. The number of aliphatic hydroxyl groups is 1. The molecule has 184 valence electrons. The molecule has 0 bridgehead atoms. The van der Waals surface area contributed by atoms with Gasteiger partial charge in [-0.3, -0.25) is 4.79 Å². The Labute approximate surface area is 211 Å². The Morgan fingerprint density at radius 1 is 1.14 bits per heavy atom. The van der Waals surface area contributed by atoms with Gasteiger partial charge in [-0.1, -0.05) is 42.3 Å². The van der Waals surface area contributed by atoms with Crippen LogP contribution in [0.25, 0.3) is 0 Å². The lowest BCUT2D eigenvalue weighted by atomic mass is 9.73. The fourth-order valence-electron chi connectivity index (χ4n) is 5.52. The number of carbonyl (C=O) groups excluding carboxylic acids is 1. The van der Waals surface area contributed by atoms with Crippen molar-refractivity contribution in [1.29, 1.82) is 0 Å². The highest BCUT2D eigenvalue weighted by molar-refractivity contribution is 5.92. The molecule has 1 amide bonds. The molecule has 2 aromatic carbocycles. The molecule has 1 aliphatic heterocycles. The number of benzene rings is 2. The minimum atomic E-state index is -0.431. The number of nitrogens with two attached hydrogens (primary N) is 2. The molecule has 1 saturated heterocycles. The number of primary amides is 1. The second kappa shape index (κ2) is 10.1. The summed E-state index contributed by atoms with van der Waals surface area (Å²) in [5.41, 5.74) is 17.4. The monoisotopic (exact) mass is 481 g/mol. The van der Waals surface area contributed by atoms with E-state index in [1.165, 1.54) is 11.1 Å². The van der Waals surface area contributed by atoms with E-state index in [-0.39, 0.29) is 18.1 Å². The van der Waals surface area contributed by atoms with Gasteiger partial charge in [0.25, 0.3) is 0 Å². The van der Waals surface area contributed by atoms with Crippen molar-refractivity contribution in [2.75, 3.05) is 18.0 Å². The number of aliphatic hydroxyl groups excluding tert-OH is 1. The van der Waals surface area contributed by atoms with Crippen molar-refractivity contribution in [1.82, 2.24) is 9.97 Å². The summed E-state index contributed by atoms with van der Waals surface area (Å²) < 4.78 is 0. The van der Waals surface area contributed by atoms with Crippen LogP contribution in [-0.4, -0.2) is 34.1 Å². The Hall–Kier alpha value is -3.73. The van der Waals surface area contributed by atoms with Gasteiger partial charge in [-0.25, -0.2) is 9.97 Å². The summed E-state index contributed by atoms with van der Waals surface area (Å²) in [5.74, 6) is 6.49. The molecular weight excluding hydrogens is 450 g/mol. The van der Waals surface area contributed by atoms with Crippen LogP contribution in [0.15, 0.2) is 54.7 Å². The Kier molecular flexibility index (Phi) is 6.73. The Morgan fingerprint density at radius 3 is 2.58 bits per heavy atom. The van der Waals surface area contributed by atoms with E-state index in [9.17, 15) is 9.90 Å². The molecule has 2 aliphatic rings. The largest absolute Gasteiger partial charge is 0.390 e. The Morgan fingerprint density at radius 2 is 1.89 bits per heavy atom. The van der Waals surface area contributed by atoms with E-state index in [2.05, 4.69) is 51.0 Å². The van der Waals surface area contributed by atoms with Crippen LogP contribution in [0.3, 0.4) is 0 Å². The maximum atomic E-state index is 11.2. The molecule has 1 aliphatic carbocycles. The highest BCUT2D eigenvalue weighted by Crippen LogP contribution is 2.50. The first-order valence-electron chi connectivity index (χ1n) is 12.4. The second-order valence-corrected chi connectivity index (χ2v) is 9.75. The van der Waals surface area contributed by atoms with Gasteiger partial charge in [-0.2, -0.15) is 0 Å². The fraction of sp³-hybridized carbons (Fsp3) is 0.345. The number of amides is 1. The van der Waals surface area contributed by atoms with Gasteiger partial charge >= 0.3 is 0 Å². The Bertz CT molecular complexity index is 1320. The molecule has 0 saturated carbocycles. The summed E-state index contributed by atoms with van der Waals surface area (Å²) in [4.78, 5) is 22.6. The summed E-state index contributed by atoms with van der Waals surface area (Å²) in [6, 6.07) is 15.8. The molecule has 0 radical (unpaired) electrons. The van der Waals surface area contributed by atoms with Crippen molar-refractivity contribution in [2.24, 2.45) is 16.9 Å². The SMILES string of the molecule is NC(=O)c1ccc(CCC#Cc2cnc(N3CCC4(CC3)Cc3ccccc3[C@H]4N)c(CO)n2)cc1. The first-order chi connectivity index (χ1) is 17.5. The number of piperidine rings is 1. The van der Waals surface area contributed by atoms with Crippen molar-refractivity contribution >= 4 is 11.7 Å². The number of nitrogens with zero attached hydrogens (tertiary/aromatic N) is 3. The van der Waals surface area contributed by atoms with Crippen molar-refractivity contribution < 1.29 is 9.90 Å². The van der Waals surface area contributed by atoms with E-state index in [0.29, 0.717) is 23.4 Å². The van der Waals surface area contributed by atoms with Gasteiger partial charge < -0.3 is 21.5 Å². The molecule has 1 spiro atoms. The van der Waals surface area contributed by atoms with Crippen LogP contribution in [0.1, 0.15) is 63.7 Å². The van der Waals surface area contributed by atoms with Crippen LogP contribution in [0.5, 0.6) is 0 Å². The predicted octanol–water partition coefficient (Wildman–Crippen LogP) is 2.89. The topological polar surface area (TPSA) is 118 Å². The molecule has 3 aromatic rings. The summed E-state index contributed by atoms with van der Waals surface area (Å²) in [5, 5.41) is 9.99. The molecule has 1 fully saturated rings. The molecule has 7 nitrogen and oxygen atoms in total. The minimum Gasteiger partial charge on any atom is -0.390 e. The van der Waals surface area contributed by atoms with Crippen LogP contribution in [0, 0.1) is 17.3 Å². The number of aromatic nitrogens is 2. The van der Waals surface area contributed by atoms with Gasteiger partial charge in [0.1, 0.15) is 11.4 Å². The first-order valence-corrected chi connectivity index (χ1v) is 12.4. The smallest absolute Gasteiger partial charge is 0.248 e. The molecule has 36 heavy (non-hydrogen) atoms. The lowest BCUT2D eigenvalue weighted by molar-refractivity contribution is 0.100. The molecular formula is C29H31N5O2. The van der Waals surface area contributed by atoms with Crippen molar-refractivity contribution in [2.45, 2.75) is 44.8 Å². The number of hydrogen-bond donors (Lipinski definition) is 3. The van der Waals surface area contributed by atoms with Crippen LogP contribution in [0.4, 0.5) is 5.82 Å². The van der Waals surface area contributed by atoms with E-state index in [0.717, 1.165) is 50.2 Å². The highest BCUT2D eigenvalue weighted by Gasteiger charge is 2.46. The summed E-state index contributed by atoms with van der Waals surface area (Å²) >= 11 is 0. The van der Waals surface area contributed by atoms with Gasteiger partial charge in [-0.05, 0) is 65.8 Å². The summed E-state index contributed by atoms with van der Waals surface area (Å²) in [6.07, 6.45) is 6.08. The Balaban J connectivity index is 1.21. The molecule has 5 rings (SSSR count). The number of rotatable bonds is 5. The third kappa shape index (κ3) is 4.70.